The molecule has 1 aromatic rings. The van der Waals surface area contributed by atoms with Crippen LogP contribution in [0.25, 0.3) is 0 Å². The van der Waals surface area contributed by atoms with Gasteiger partial charge in [0.25, 0.3) is 0 Å². The SMILES string of the molecule is COC(=O)[C@H](CC(C)C)NC(=O)C[C@H](NC(=O)OCc1cccnc1)C(C)C. The molecule has 0 saturated carbocycles. The van der Waals surface area contributed by atoms with Crippen LogP contribution in [0.4, 0.5) is 4.79 Å². The molecule has 28 heavy (non-hydrogen) atoms. The first-order chi connectivity index (χ1) is 13.2. The maximum absolute atomic E-state index is 12.4. The Morgan fingerprint density at radius 3 is 2.39 bits per heavy atom. The van der Waals surface area contributed by atoms with Crippen LogP contribution < -0.4 is 10.6 Å². The predicted octanol–water partition coefficient (Wildman–Crippen LogP) is 2.43. The molecule has 0 bridgehead atoms. The highest BCUT2D eigenvalue weighted by atomic mass is 16.5. The number of amides is 2. The fourth-order valence-electron chi connectivity index (χ4n) is 2.56. The standard InChI is InChI=1S/C20H31N3O5/c1-13(2)9-17(19(25)27-5)22-18(24)10-16(14(3)4)23-20(26)28-12-15-7-6-8-21-11-15/h6-8,11,13-14,16-17H,9-10,12H2,1-5H3,(H,22,24)(H,23,26)/t16-,17-/m0/s1. The molecule has 2 atom stereocenters. The molecule has 0 aromatic carbocycles. The highest BCUT2D eigenvalue weighted by molar-refractivity contribution is 5.85. The van der Waals surface area contributed by atoms with E-state index >= 15 is 0 Å². The molecular weight excluding hydrogens is 362 g/mol. The lowest BCUT2D eigenvalue weighted by Crippen LogP contribution is -2.47. The Morgan fingerprint density at radius 2 is 1.86 bits per heavy atom. The molecule has 0 aliphatic heterocycles. The van der Waals surface area contributed by atoms with Gasteiger partial charge in [-0.15, -0.1) is 0 Å². The second-order valence-corrected chi connectivity index (χ2v) is 7.41. The Kier molecular flexibility index (Phi) is 9.98. The van der Waals surface area contributed by atoms with E-state index in [1.54, 1.807) is 24.5 Å². The lowest BCUT2D eigenvalue weighted by Gasteiger charge is -2.23. The molecule has 0 radical (unpaired) electrons. The Morgan fingerprint density at radius 1 is 1.14 bits per heavy atom. The molecule has 8 nitrogen and oxygen atoms in total. The lowest BCUT2D eigenvalue weighted by molar-refractivity contribution is -0.145. The number of aromatic nitrogens is 1. The van der Waals surface area contributed by atoms with Crippen molar-refractivity contribution >= 4 is 18.0 Å². The van der Waals surface area contributed by atoms with E-state index in [9.17, 15) is 14.4 Å². The van der Waals surface area contributed by atoms with E-state index in [-0.39, 0.29) is 30.8 Å². The summed E-state index contributed by atoms with van der Waals surface area (Å²) in [7, 11) is 1.29. The lowest BCUT2D eigenvalue weighted by atomic mass is 9.99. The van der Waals surface area contributed by atoms with Gasteiger partial charge in [0.15, 0.2) is 0 Å². The van der Waals surface area contributed by atoms with Crippen LogP contribution in [-0.4, -0.2) is 42.1 Å². The van der Waals surface area contributed by atoms with Crippen LogP contribution in [0.5, 0.6) is 0 Å². The van der Waals surface area contributed by atoms with Crippen molar-refractivity contribution in [2.24, 2.45) is 11.8 Å². The van der Waals surface area contributed by atoms with Crippen molar-refractivity contribution in [1.82, 2.24) is 15.6 Å². The number of ether oxygens (including phenoxy) is 2. The van der Waals surface area contributed by atoms with Crippen molar-refractivity contribution < 1.29 is 23.9 Å². The van der Waals surface area contributed by atoms with E-state index in [1.165, 1.54) is 7.11 Å². The summed E-state index contributed by atoms with van der Waals surface area (Å²) < 4.78 is 9.94. The minimum atomic E-state index is -0.706. The summed E-state index contributed by atoms with van der Waals surface area (Å²) in [6.07, 6.45) is 3.15. The molecule has 0 unspecified atom stereocenters. The van der Waals surface area contributed by atoms with Crippen molar-refractivity contribution in [3.63, 3.8) is 0 Å². The van der Waals surface area contributed by atoms with Gasteiger partial charge in [0, 0.05) is 30.4 Å². The normalized spacial score (nSPS) is 13.0. The Bertz CT molecular complexity index is 634. The molecule has 0 spiro atoms. The van der Waals surface area contributed by atoms with Gasteiger partial charge in [-0.2, -0.15) is 0 Å². The molecule has 1 heterocycles. The van der Waals surface area contributed by atoms with Gasteiger partial charge >= 0.3 is 12.1 Å². The largest absolute Gasteiger partial charge is 0.467 e. The van der Waals surface area contributed by atoms with Crippen LogP contribution >= 0.6 is 0 Å². The number of nitrogens with one attached hydrogen (secondary N) is 2. The number of esters is 1. The van der Waals surface area contributed by atoms with Crippen molar-refractivity contribution in [3.05, 3.63) is 30.1 Å². The van der Waals surface area contributed by atoms with Crippen molar-refractivity contribution in [2.45, 2.75) is 59.2 Å². The van der Waals surface area contributed by atoms with Gasteiger partial charge in [-0.1, -0.05) is 33.8 Å². The molecule has 2 amide bonds. The molecule has 156 valence electrons. The fourth-order valence-corrected chi connectivity index (χ4v) is 2.56. The third-order valence-electron chi connectivity index (χ3n) is 4.13. The van der Waals surface area contributed by atoms with Crippen LogP contribution in [0.3, 0.4) is 0 Å². The third kappa shape index (κ3) is 8.83. The highest BCUT2D eigenvalue weighted by Crippen LogP contribution is 2.10. The van der Waals surface area contributed by atoms with Crippen LogP contribution in [0.15, 0.2) is 24.5 Å². The van der Waals surface area contributed by atoms with Gasteiger partial charge in [-0.3, -0.25) is 9.78 Å². The molecule has 8 heteroatoms. The number of hydrogen-bond acceptors (Lipinski definition) is 6. The average molecular weight is 393 g/mol. The molecule has 1 aromatic heterocycles. The molecule has 1 rings (SSSR count). The monoisotopic (exact) mass is 393 g/mol. The quantitative estimate of drug-likeness (QED) is 0.591. The molecule has 0 aliphatic rings. The van der Waals surface area contributed by atoms with E-state index in [0.717, 1.165) is 5.56 Å². The number of alkyl carbamates (subject to hydrolysis) is 1. The Hall–Kier alpha value is -2.64. The number of carbonyl (C=O) groups excluding carboxylic acids is 3. The van der Waals surface area contributed by atoms with E-state index in [2.05, 4.69) is 15.6 Å². The second-order valence-electron chi connectivity index (χ2n) is 7.41. The maximum atomic E-state index is 12.4. The first-order valence-corrected chi connectivity index (χ1v) is 9.42. The van der Waals surface area contributed by atoms with Gasteiger partial charge in [-0.05, 0) is 24.3 Å². The zero-order chi connectivity index (χ0) is 21.1. The van der Waals surface area contributed by atoms with Crippen molar-refractivity contribution in [3.8, 4) is 0 Å². The summed E-state index contributed by atoms with van der Waals surface area (Å²) in [4.78, 5) is 40.3. The zero-order valence-electron chi connectivity index (χ0n) is 17.2. The van der Waals surface area contributed by atoms with Crippen LogP contribution in [0.2, 0.25) is 0 Å². The smallest absolute Gasteiger partial charge is 0.407 e. The van der Waals surface area contributed by atoms with Crippen molar-refractivity contribution in [2.75, 3.05) is 7.11 Å². The topological polar surface area (TPSA) is 107 Å². The summed E-state index contributed by atoms with van der Waals surface area (Å²) in [5.74, 6) is -0.599. The summed E-state index contributed by atoms with van der Waals surface area (Å²) in [6, 6.07) is 2.42. The second kappa shape index (κ2) is 11.9. The molecule has 0 fully saturated rings. The van der Waals surface area contributed by atoms with Crippen LogP contribution in [-0.2, 0) is 25.7 Å². The van der Waals surface area contributed by atoms with Gasteiger partial charge in [0.2, 0.25) is 5.91 Å². The summed E-state index contributed by atoms with van der Waals surface area (Å²) >= 11 is 0. The van der Waals surface area contributed by atoms with E-state index in [4.69, 9.17) is 9.47 Å². The van der Waals surface area contributed by atoms with E-state index < -0.39 is 24.1 Å². The number of nitrogens with zero attached hydrogens (tertiary/aromatic N) is 1. The third-order valence-corrected chi connectivity index (χ3v) is 4.13. The maximum Gasteiger partial charge on any atom is 0.407 e. The molecular formula is C20H31N3O5. The number of carbonyl (C=O) groups is 3. The van der Waals surface area contributed by atoms with E-state index in [1.807, 2.05) is 27.7 Å². The molecule has 0 saturated heterocycles. The minimum Gasteiger partial charge on any atom is -0.467 e. The Labute approximate surface area is 166 Å². The van der Waals surface area contributed by atoms with Crippen LogP contribution in [0.1, 0.15) is 46.1 Å². The minimum absolute atomic E-state index is 0.00151. The van der Waals surface area contributed by atoms with E-state index in [0.29, 0.717) is 6.42 Å². The first-order valence-electron chi connectivity index (χ1n) is 9.42. The average Bonchev–Trinajstić information content (AvgIpc) is 2.65. The number of methoxy groups -OCH3 is 1. The number of pyridine rings is 1. The highest BCUT2D eigenvalue weighted by Gasteiger charge is 2.26. The molecule has 2 N–H and O–H groups in total. The summed E-state index contributed by atoms with van der Waals surface area (Å²) in [5.41, 5.74) is 0.770. The number of hydrogen-bond donors (Lipinski definition) is 2. The first kappa shape index (κ1) is 23.4. The zero-order valence-corrected chi connectivity index (χ0v) is 17.2. The van der Waals surface area contributed by atoms with Gasteiger partial charge in [0.05, 0.1) is 7.11 Å². The predicted molar refractivity (Wildman–Crippen MR) is 104 cm³/mol. The summed E-state index contributed by atoms with van der Waals surface area (Å²) in [5, 5.41) is 5.42. The number of rotatable bonds is 10. The van der Waals surface area contributed by atoms with Gasteiger partial charge in [-0.25, -0.2) is 9.59 Å². The van der Waals surface area contributed by atoms with Gasteiger partial charge < -0.3 is 20.1 Å². The summed E-state index contributed by atoms with van der Waals surface area (Å²) in [6.45, 7) is 7.80. The van der Waals surface area contributed by atoms with Crippen molar-refractivity contribution in [1.29, 1.82) is 0 Å². The fraction of sp³-hybridized carbons (Fsp3) is 0.600. The molecule has 0 aliphatic carbocycles. The van der Waals surface area contributed by atoms with Crippen LogP contribution in [0, 0.1) is 11.8 Å². The van der Waals surface area contributed by atoms with Gasteiger partial charge in [0.1, 0.15) is 12.6 Å². The Balaban J connectivity index is 2.58.